The summed E-state index contributed by atoms with van der Waals surface area (Å²) in [6.07, 6.45) is 8.28. The molecule has 2 aliphatic carbocycles. The Hall–Kier alpha value is -0.340. The minimum atomic E-state index is 0.294. The molecule has 2 fully saturated rings. The molecule has 2 bridgehead atoms. The monoisotopic (exact) mass is 224 g/mol. The molecule has 0 aliphatic heterocycles. The molecule has 0 aromatic rings. The fraction of sp³-hybridized carbons (Fsp3) is 0.857. The van der Waals surface area contributed by atoms with Gasteiger partial charge in [0.1, 0.15) is 0 Å². The zero-order chi connectivity index (χ0) is 11.4. The zero-order valence-corrected chi connectivity index (χ0v) is 10.3. The third kappa shape index (κ3) is 2.67. The first-order chi connectivity index (χ1) is 7.85. The summed E-state index contributed by atoms with van der Waals surface area (Å²) < 4.78 is 5.71. The summed E-state index contributed by atoms with van der Waals surface area (Å²) in [5.74, 6) is 2.58. The molecule has 0 heterocycles. The lowest BCUT2D eigenvalue weighted by atomic mass is 9.86. The second-order valence-corrected chi connectivity index (χ2v) is 5.26. The van der Waals surface area contributed by atoms with Crippen LogP contribution in [-0.4, -0.2) is 24.9 Å². The highest BCUT2D eigenvalue weighted by atomic mass is 16.5. The van der Waals surface area contributed by atoms with Crippen molar-refractivity contribution >= 4 is 0 Å². The van der Waals surface area contributed by atoms with Crippen LogP contribution in [0.2, 0.25) is 0 Å². The van der Waals surface area contributed by atoms with Gasteiger partial charge >= 0.3 is 0 Å². The Kier molecular flexibility index (Phi) is 4.42. The molecule has 0 aromatic carbocycles. The van der Waals surface area contributed by atoms with E-state index >= 15 is 0 Å². The number of aliphatic hydroxyl groups excluding tert-OH is 1. The number of hydrogen-bond donors (Lipinski definition) is 1. The maximum absolute atomic E-state index is 8.66. The second kappa shape index (κ2) is 5.83. The van der Waals surface area contributed by atoms with Crippen LogP contribution in [-0.2, 0) is 4.74 Å². The number of aliphatic hydroxyl groups is 1. The molecule has 0 amide bonds. The normalized spacial score (nSPS) is 35.1. The van der Waals surface area contributed by atoms with Crippen molar-refractivity contribution in [3.8, 4) is 0 Å². The van der Waals surface area contributed by atoms with Gasteiger partial charge in [-0.2, -0.15) is 0 Å². The summed E-state index contributed by atoms with van der Waals surface area (Å²) in [6, 6.07) is 0. The van der Waals surface area contributed by atoms with Crippen LogP contribution < -0.4 is 0 Å². The fourth-order valence-electron chi connectivity index (χ4n) is 3.34. The molecule has 2 saturated carbocycles. The standard InChI is InChI=1S/C14H24O2/c1-2-11-7-13-8-12(11)9-14(13)10-16-6-4-3-5-15/h2,12-15H,3-10H2,1H3/b11-2+. The van der Waals surface area contributed by atoms with Crippen LogP contribution >= 0.6 is 0 Å². The number of rotatable bonds is 6. The number of hydrogen-bond acceptors (Lipinski definition) is 2. The number of fused-ring (bicyclic) bond motifs is 2. The molecule has 2 nitrogen and oxygen atoms in total. The molecular weight excluding hydrogens is 200 g/mol. The van der Waals surface area contributed by atoms with E-state index in [0.717, 1.165) is 43.8 Å². The first kappa shape index (κ1) is 12.1. The molecule has 2 aliphatic rings. The molecule has 0 radical (unpaired) electrons. The van der Waals surface area contributed by atoms with Crippen molar-refractivity contribution in [1.82, 2.24) is 0 Å². The molecule has 16 heavy (non-hydrogen) atoms. The van der Waals surface area contributed by atoms with Crippen molar-refractivity contribution in [3.63, 3.8) is 0 Å². The summed E-state index contributed by atoms with van der Waals surface area (Å²) in [7, 11) is 0. The Morgan fingerprint density at radius 1 is 1.38 bits per heavy atom. The van der Waals surface area contributed by atoms with Gasteiger partial charge in [-0.05, 0) is 56.8 Å². The smallest absolute Gasteiger partial charge is 0.0497 e. The minimum Gasteiger partial charge on any atom is -0.396 e. The van der Waals surface area contributed by atoms with Gasteiger partial charge in [-0.1, -0.05) is 11.6 Å². The molecule has 0 spiro atoms. The van der Waals surface area contributed by atoms with E-state index in [1.54, 1.807) is 5.57 Å². The van der Waals surface area contributed by atoms with Gasteiger partial charge in [0.25, 0.3) is 0 Å². The topological polar surface area (TPSA) is 29.5 Å². The van der Waals surface area contributed by atoms with E-state index in [0.29, 0.717) is 6.61 Å². The Balaban J connectivity index is 1.63. The third-order valence-electron chi connectivity index (χ3n) is 4.26. The highest BCUT2D eigenvalue weighted by molar-refractivity contribution is 5.17. The summed E-state index contributed by atoms with van der Waals surface area (Å²) in [6.45, 7) is 4.24. The number of unbranched alkanes of at least 4 members (excludes halogenated alkanes) is 1. The van der Waals surface area contributed by atoms with Crippen molar-refractivity contribution in [2.24, 2.45) is 17.8 Å². The Morgan fingerprint density at radius 2 is 2.25 bits per heavy atom. The first-order valence-corrected chi connectivity index (χ1v) is 6.68. The van der Waals surface area contributed by atoms with E-state index in [-0.39, 0.29) is 0 Å². The highest BCUT2D eigenvalue weighted by Gasteiger charge is 2.41. The Labute approximate surface area is 98.7 Å². The third-order valence-corrected chi connectivity index (χ3v) is 4.26. The molecule has 3 atom stereocenters. The number of allylic oxidation sites excluding steroid dienone is 2. The predicted molar refractivity (Wildman–Crippen MR) is 65.2 cm³/mol. The van der Waals surface area contributed by atoms with Gasteiger partial charge in [-0.15, -0.1) is 0 Å². The highest BCUT2D eigenvalue weighted by Crippen LogP contribution is 2.51. The fourth-order valence-corrected chi connectivity index (χ4v) is 3.34. The second-order valence-electron chi connectivity index (χ2n) is 5.26. The molecule has 2 heteroatoms. The summed E-state index contributed by atoms with van der Waals surface area (Å²) in [4.78, 5) is 0. The van der Waals surface area contributed by atoms with Crippen molar-refractivity contribution in [2.45, 2.75) is 39.0 Å². The van der Waals surface area contributed by atoms with E-state index in [2.05, 4.69) is 13.0 Å². The molecule has 0 aromatic heterocycles. The number of ether oxygens (including phenoxy) is 1. The van der Waals surface area contributed by atoms with Gasteiger partial charge in [-0.25, -0.2) is 0 Å². The SMILES string of the molecule is C/C=C1\CC2CC1CC2COCCCCO. The average molecular weight is 224 g/mol. The lowest BCUT2D eigenvalue weighted by Gasteiger charge is -2.23. The Morgan fingerprint density at radius 3 is 2.88 bits per heavy atom. The van der Waals surface area contributed by atoms with Gasteiger partial charge < -0.3 is 9.84 Å². The van der Waals surface area contributed by atoms with E-state index in [1.165, 1.54) is 19.3 Å². The lowest BCUT2D eigenvalue weighted by molar-refractivity contribution is 0.0774. The molecule has 3 unspecified atom stereocenters. The van der Waals surface area contributed by atoms with Gasteiger partial charge in [0.15, 0.2) is 0 Å². The van der Waals surface area contributed by atoms with Crippen LogP contribution in [0.5, 0.6) is 0 Å². The predicted octanol–water partition coefficient (Wildman–Crippen LogP) is 2.77. The van der Waals surface area contributed by atoms with E-state index in [4.69, 9.17) is 9.84 Å². The van der Waals surface area contributed by atoms with Crippen LogP contribution in [0.1, 0.15) is 39.0 Å². The largest absolute Gasteiger partial charge is 0.396 e. The maximum Gasteiger partial charge on any atom is 0.0497 e. The van der Waals surface area contributed by atoms with Gasteiger partial charge in [0.05, 0.1) is 0 Å². The van der Waals surface area contributed by atoms with Gasteiger partial charge in [-0.3, -0.25) is 0 Å². The van der Waals surface area contributed by atoms with Crippen molar-refractivity contribution in [1.29, 1.82) is 0 Å². The quantitative estimate of drug-likeness (QED) is 0.555. The molecular formula is C14H24O2. The van der Waals surface area contributed by atoms with Crippen LogP contribution in [0.3, 0.4) is 0 Å². The van der Waals surface area contributed by atoms with Crippen LogP contribution in [0, 0.1) is 17.8 Å². The van der Waals surface area contributed by atoms with Crippen molar-refractivity contribution in [2.75, 3.05) is 19.8 Å². The molecule has 1 N–H and O–H groups in total. The van der Waals surface area contributed by atoms with E-state index < -0.39 is 0 Å². The van der Waals surface area contributed by atoms with Gasteiger partial charge in [0, 0.05) is 19.8 Å². The van der Waals surface area contributed by atoms with Crippen LogP contribution in [0.25, 0.3) is 0 Å². The summed E-state index contributed by atoms with van der Waals surface area (Å²) in [5, 5.41) is 8.66. The van der Waals surface area contributed by atoms with Crippen LogP contribution in [0.15, 0.2) is 11.6 Å². The van der Waals surface area contributed by atoms with Crippen LogP contribution in [0.4, 0.5) is 0 Å². The molecule has 0 saturated heterocycles. The van der Waals surface area contributed by atoms with E-state index in [1.807, 2.05) is 0 Å². The zero-order valence-electron chi connectivity index (χ0n) is 10.3. The van der Waals surface area contributed by atoms with E-state index in [9.17, 15) is 0 Å². The maximum atomic E-state index is 8.66. The minimum absolute atomic E-state index is 0.294. The Bertz CT molecular complexity index is 247. The van der Waals surface area contributed by atoms with Gasteiger partial charge in [0.2, 0.25) is 0 Å². The lowest BCUT2D eigenvalue weighted by Crippen LogP contribution is -2.18. The summed E-state index contributed by atoms with van der Waals surface area (Å²) >= 11 is 0. The molecule has 92 valence electrons. The molecule has 2 rings (SSSR count). The van der Waals surface area contributed by atoms with Crippen molar-refractivity contribution in [3.05, 3.63) is 11.6 Å². The average Bonchev–Trinajstić information content (AvgIpc) is 2.87. The van der Waals surface area contributed by atoms with Crippen molar-refractivity contribution < 1.29 is 9.84 Å². The summed E-state index contributed by atoms with van der Waals surface area (Å²) in [5.41, 5.74) is 1.70. The first-order valence-electron chi connectivity index (χ1n) is 6.68.